The van der Waals surface area contributed by atoms with Crippen LogP contribution in [0, 0.1) is 0 Å². The van der Waals surface area contributed by atoms with Crippen molar-refractivity contribution < 1.29 is 4.79 Å². The molecule has 0 spiro atoms. The highest BCUT2D eigenvalue weighted by molar-refractivity contribution is 6.27. The van der Waals surface area contributed by atoms with Gasteiger partial charge in [-0.1, -0.05) is 0 Å². The minimum absolute atomic E-state index is 0.452. The minimum atomic E-state index is 0.452. The summed E-state index contributed by atoms with van der Waals surface area (Å²) >= 11 is 0. The summed E-state index contributed by atoms with van der Waals surface area (Å²) in [6.45, 7) is 5.84. The SMILES string of the molecule is CC(C=O)=N/C=C\N(C)C(C)C. The van der Waals surface area contributed by atoms with Crippen LogP contribution in [0.15, 0.2) is 17.4 Å². The lowest BCUT2D eigenvalue weighted by molar-refractivity contribution is -0.102. The monoisotopic (exact) mass is 168 g/mol. The first kappa shape index (κ1) is 10.9. The molecule has 0 aliphatic heterocycles. The van der Waals surface area contributed by atoms with Crippen LogP contribution in [-0.4, -0.2) is 30.0 Å². The molecule has 0 unspecified atom stereocenters. The third-order valence-corrected chi connectivity index (χ3v) is 1.57. The summed E-state index contributed by atoms with van der Waals surface area (Å²) in [6.07, 6.45) is 4.21. The average Bonchev–Trinajstić information content (AvgIpc) is 2.03. The van der Waals surface area contributed by atoms with Crippen LogP contribution in [0.1, 0.15) is 20.8 Å². The van der Waals surface area contributed by atoms with Crippen LogP contribution < -0.4 is 0 Å². The van der Waals surface area contributed by atoms with Crippen LogP contribution in [0.2, 0.25) is 0 Å². The van der Waals surface area contributed by atoms with Crippen molar-refractivity contribution in [2.45, 2.75) is 26.8 Å². The van der Waals surface area contributed by atoms with E-state index in [2.05, 4.69) is 18.8 Å². The number of rotatable bonds is 4. The maximum absolute atomic E-state index is 10.1. The molecule has 3 heteroatoms. The lowest BCUT2D eigenvalue weighted by atomic mass is 10.4. The Kier molecular flexibility index (Phi) is 5.00. The van der Waals surface area contributed by atoms with Crippen molar-refractivity contribution in [3.05, 3.63) is 12.4 Å². The van der Waals surface area contributed by atoms with Crippen LogP contribution in [0.4, 0.5) is 0 Å². The molecule has 68 valence electrons. The molecule has 0 aliphatic carbocycles. The molecular weight excluding hydrogens is 152 g/mol. The Labute approximate surface area is 73.8 Å². The van der Waals surface area contributed by atoms with Crippen molar-refractivity contribution in [2.24, 2.45) is 4.99 Å². The van der Waals surface area contributed by atoms with Gasteiger partial charge in [-0.3, -0.25) is 9.79 Å². The van der Waals surface area contributed by atoms with Crippen molar-refractivity contribution >= 4 is 12.0 Å². The summed E-state index contributed by atoms with van der Waals surface area (Å²) in [5.41, 5.74) is 0.489. The molecule has 3 nitrogen and oxygen atoms in total. The summed E-state index contributed by atoms with van der Waals surface area (Å²) < 4.78 is 0. The van der Waals surface area contributed by atoms with Crippen molar-refractivity contribution in [2.75, 3.05) is 7.05 Å². The first-order valence-electron chi connectivity index (χ1n) is 3.96. The van der Waals surface area contributed by atoms with Gasteiger partial charge in [-0.2, -0.15) is 0 Å². The van der Waals surface area contributed by atoms with Gasteiger partial charge >= 0.3 is 0 Å². The third-order valence-electron chi connectivity index (χ3n) is 1.57. The first-order valence-corrected chi connectivity index (χ1v) is 3.96. The number of carbonyl (C=O) groups excluding carboxylic acids is 1. The molecule has 0 saturated carbocycles. The van der Waals surface area contributed by atoms with Gasteiger partial charge in [-0.25, -0.2) is 0 Å². The van der Waals surface area contributed by atoms with E-state index in [-0.39, 0.29) is 0 Å². The first-order chi connectivity index (χ1) is 5.57. The number of carbonyl (C=O) groups is 1. The van der Waals surface area contributed by atoms with Gasteiger partial charge < -0.3 is 4.90 Å². The predicted octanol–water partition coefficient (Wildman–Crippen LogP) is 1.46. The molecule has 0 aromatic heterocycles. The van der Waals surface area contributed by atoms with Gasteiger partial charge in [0.15, 0.2) is 6.29 Å². The number of nitrogens with zero attached hydrogens (tertiary/aromatic N) is 2. The molecule has 0 saturated heterocycles. The summed E-state index contributed by atoms with van der Waals surface area (Å²) in [6, 6.07) is 0.452. The summed E-state index contributed by atoms with van der Waals surface area (Å²) in [4.78, 5) is 16.0. The van der Waals surface area contributed by atoms with Crippen molar-refractivity contribution in [3.8, 4) is 0 Å². The molecule has 0 bridgehead atoms. The lowest BCUT2D eigenvalue weighted by Crippen LogP contribution is -2.19. The van der Waals surface area contributed by atoms with E-state index in [1.165, 1.54) is 0 Å². The Balaban J connectivity index is 3.99. The largest absolute Gasteiger partial charge is 0.377 e. The van der Waals surface area contributed by atoms with Crippen molar-refractivity contribution in [1.29, 1.82) is 0 Å². The van der Waals surface area contributed by atoms with E-state index < -0.39 is 0 Å². The Hall–Kier alpha value is -1.12. The van der Waals surface area contributed by atoms with Gasteiger partial charge in [0.2, 0.25) is 0 Å². The van der Waals surface area contributed by atoms with E-state index in [0.717, 1.165) is 6.29 Å². The Morgan fingerprint density at radius 3 is 2.50 bits per heavy atom. The summed E-state index contributed by atoms with van der Waals surface area (Å²) in [5.74, 6) is 0. The van der Waals surface area contributed by atoms with E-state index in [9.17, 15) is 4.79 Å². The molecule has 0 amide bonds. The van der Waals surface area contributed by atoms with Gasteiger partial charge in [0.05, 0.1) is 5.71 Å². The van der Waals surface area contributed by atoms with E-state index in [4.69, 9.17) is 0 Å². The summed E-state index contributed by atoms with van der Waals surface area (Å²) in [5, 5.41) is 0. The highest BCUT2D eigenvalue weighted by Crippen LogP contribution is 1.93. The molecule has 0 aromatic carbocycles. The van der Waals surface area contributed by atoms with Gasteiger partial charge in [0.25, 0.3) is 0 Å². The molecule has 0 rings (SSSR count). The second-order valence-corrected chi connectivity index (χ2v) is 2.95. The molecule has 0 heterocycles. The normalized spacial score (nSPS) is 12.6. The molecule has 0 atom stereocenters. The highest BCUT2D eigenvalue weighted by atomic mass is 16.1. The highest BCUT2D eigenvalue weighted by Gasteiger charge is 1.94. The Bertz CT molecular complexity index is 195. The lowest BCUT2D eigenvalue weighted by Gasteiger charge is -2.17. The molecule has 0 aliphatic rings. The zero-order valence-corrected chi connectivity index (χ0v) is 8.11. The van der Waals surface area contributed by atoms with Crippen LogP contribution in [0.5, 0.6) is 0 Å². The van der Waals surface area contributed by atoms with Gasteiger partial charge in [0.1, 0.15) is 0 Å². The van der Waals surface area contributed by atoms with Crippen molar-refractivity contribution in [1.82, 2.24) is 4.90 Å². The fourth-order valence-electron chi connectivity index (χ4n) is 0.459. The van der Waals surface area contributed by atoms with Gasteiger partial charge in [-0.15, -0.1) is 0 Å². The minimum Gasteiger partial charge on any atom is -0.377 e. The van der Waals surface area contributed by atoms with Crippen molar-refractivity contribution in [3.63, 3.8) is 0 Å². The average molecular weight is 168 g/mol. The fourth-order valence-corrected chi connectivity index (χ4v) is 0.459. The maximum Gasteiger partial charge on any atom is 0.163 e. The molecule has 0 N–H and O–H groups in total. The number of hydrogen-bond donors (Lipinski definition) is 0. The molecule has 0 aromatic rings. The predicted molar refractivity (Wildman–Crippen MR) is 51.2 cm³/mol. The Morgan fingerprint density at radius 1 is 1.50 bits per heavy atom. The molecule has 12 heavy (non-hydrogen) atoms. The standard InChI is InChI=1S/C9H16N2O/c1-8(2)11(4)6-5-10-9(3)7-12/h5-8H,1-4H3/b6-5-,10-9?. The van der Waals surface area contributed by atoms with Gasteiger partial charge in [0, 0.05) is 25.5 Å². The number of aliphatic imine (C=N–C) groups is 1. The fraction of sp³-hybridized carbons (Fsp3) is 0.556. The summed E-state index contributed by atoms with van der Waals surface area (Å²) in [7, 11) is 1.97. The van der Waals surface area contributed by atoms with Crippen LogP contribution in [0.3, 0.4) is 0 Å². The van der Waals surface area contributed by atoms with E-state index >= 15 is 0 Å². The smallest absolute Gasteiger partial charge is 0.163 e. The number of hydrogen-bond acceptors (Lipinski definition) is 3. The van der Waals surface area contributed by atoms with Crippen LogP contribution in [0.25, 0.3) is 0 Å². The Morgan fingerprint density at radius 2 is 2.08 bits per heavy atom. The second-order valence-electron chi connectivity index (χ2n) is 2.95. The maximum atomic E-state index is 10.1. The molecule has 0 radical (unpaired) electrons. The van der Waals surface area contributed by atoms with E-state index in [0.29, 0.717) is 11.8 Å². The topological polar surface area (TPSA) is 32.7 Å². The van der Waals surface area contributed by atoms with E-state index in [1.54, 1.807) is 13.1 Å². The molecule has 0 fully saturated rings. The number of aldehydes is 1. The van der Waals surface area contributed by atoms with E-state index in [1.807, 2.05) is 18.1 Å². The van der Waals surface area contributed by atoms with Crippen LogP contribution >= 0.6 is 0 Å². The quantitative estimate of drug-likeness (QED) is 0.470. The van der Waals surface area contributed by atoms with Gasteiger partial charge in [-0.05, 0) is 20.8 Å². The van der Waals surface area contributed by atoms with Crippen LogP contribution in [-0.2, 0) is 4.79 Å². The second kappa shape index (κ2) is 5.52. The zero-order chi connectivity index (χ0) is 9.56. The molecular formula is C9H16N2O. The third kappa shape index (κ3) is 4.66. The zero-order valence-electron chi connectivity index (χ0n) is 8.11.